The smallest absolute Gasteiger partial charge is 0.243 e. The second kappa shape index (κ2) is 7.75. The van der Waals surface area contributed by atoms with E-state index in [1.807, 2.05) is 30.3 Å². The van der Waals surface area contributed by atoms with Gasteiger partial charge in [-0.1, -0.05) is 36.8 Å². The lowest BCUT2D eigenvalue weighted by atomic mass is 9.77. The van der Waals surface area contributed by atoms with Crippen LogP contribution in [0.2, 0.25) is 0 Å². The topological polar surface area (TPSA) is 58.6 Å². The molecule has 2 aromatic rings. The molecule has 0 spiro atoms. The zero-order valence-electron chi connectivity index (χ0n) is 17.3. The maximum absolute atomic E-state index is 13.2. The van der Waals surface area contributed by atoms with E-state index >= 15 is 0 Å². The summed E-state index contributed by atoms with van der Waals surface area (Å²) < 4.78 is 33.7. The van der Waals surface area contributed by atoms with Crippen molar-refractivity contribution in [3.8, 4) is 5.75 Å². The molecule has 1 saturated heterocycles. The number of rotatable bonds is 4. The van der Waals surface area contributed by atoms with Gasteiger partial charge >= 0.3 is 0 Å². The van der Waals surface area contributed by atoms with Crippen molar-refractivity contribution in [1.82, 2.24) is 4.31 Å². The molecule has 0 bridgehead atoms. The number of benzene rings is 2. The molecule has 3 aliphatic rings. The lowest BCUT2D eigenvalue weighted by molar-refractivity contribution is 0.346. The number of sulfonamides is 1. The van der Waals surface area contributed by atoms with E-state index in [0.29, 0.717) is 23.9 Å². The van der Waals surface area contributed by atoms with Crippen LogP contribution in [0.15, 0.2) is 59.5 Å². The number of ether oxygens (including phenoxy) is 1. The number of fused-ring (bicyclic) bond motifs is 3. The van der Waals surface area contributed by atoms with Crippen molar-refractivity contribution in [2.45, 2.75) is 42.5 Å². The molecule has 0 aromatic heterocycles. The van der Waals surface area contributed by atoms with Gasteiger partial charge in [0.15, 0.2) is 0 Å². The molecule has 6 heteroatoms. The number of allylic oxidation sites excluding steroid dienone is 2. The minimum Gasteiger partial charge on any atom is -0.496 e. The standard InChI is InChI=1S/C24H28N2O3S/c1-29-23-11-4-3-8-20(23)24-19-10-7-9-18(19)21-16-17(12-13-22(21)25-24)30(27,28)26-14-5-2-6-15-26/h3-4,7-9,11-13,16,18-19,24-25H,2,5-6,10,14-15H2,1H3. The fourth-order valence-corrected chi connectivity index (χ4v) is 6.77. The first kappa shape index (κ1) is 19.6. The van der Waals surface area contributed by atoms with E-state index in [0.717, 1.165) is 48.2 Å². The maximum Gasteiger partial charge on any atom is 0.243 e. The van der Waals surface area contributed by atoms with Crippen LogP contribution in [0.3, 0.4) is 0 Å². The highest BCUT2D eigenvalue weighted by Gasteiger charge is 2.39. The third-order valence-electron chi connectivity index (χ3n) is 6.76. The Morgan fingerprint density at radius 2 is 1.83 bits per heavy atom. The Morgan fingerprint density at radius 3 is 2.63 bits per heavy atom. The Balaban J connectivity index is 1.53. The molecule has 1 N–H and O–H groups in total. The van der Waals surface area contributed by atoms with Crippen molar-refractivity contribution < 1.29 is 13.2 Å². The van der Waals surface area contributed by atoms with Crippen LogP contribution in [0.4, 0.5) is 5.69 Å². The third-order valence-corrected chi connectivity index (χ3v) is 8.66. The summed E-state index contributed by atoms with van der Waals surface area (Å²) in [4.78, 5) is 0.416. The largest absolute Gasteiger partial charge is 0.496 e. The summed E-state index contributed by atoms with van der Waals surface area (Å²) in [6, 6.07) is 13.9. The average molecular weight is 425 g/mol. The molecule has 5 nitrogen and oxygen atoms in total. The summed E-state index contributed by atoms with van der Waals surface area (Å²) in [7, 11) is -1.73. The number of anilines is 1. The van der Waals surface area contributed by atoms with Crippen LogP contribution in [0.5, 0.6) is 5.75 Å². The van der Waals surface area contributed by atoms with Gasteiger partial charge in [0.2, 0.25) is 10.0 Å². The second-order valence-electron chi connectivity index (χ2n) is 8.43. The molecule has 0 radical (unpaired) electrons. The van der Waals surface area contributed by atoms with Crippen LogP contribution < -0.4 is 10.1 Å². The number of hydrogen-bond acceptors (Lipinski definition) is 4. The van der Waals surface area contributed by atoms with Gasteiger partial charge in [-0.15, -0.1) is 0 Å². The van der Waals surface area contributed by atoms with E-state index in [9.17, 15) is 8.42 Å². The van der Waals surface area contributed by atoms with Gasteiger partial charge in [-0.3, -0.25) is 0 Å². The van der Waals surface area contributed by atoms with E-state index in [1.165, 1.54) is 0 Å². The Hall–Kier alpha value is -2.31. The summed E-state index contributed by atoms with van der Waals surface area (Å²) in [5, 5.41) is 3.69. The van der Waals surface area contributed by atoms with Gasteiger partial charge in [0, 0.05) is 30.3 Å². The summed E-state index contributed by atoms with van der Waals surface area (Å²) in [6.45, 7) is 1.25. The fraction of sp³-hybridized carbons (Fsp3) is 0.417. The number of hydrogen-bond donors (Lipinski definition) is 1. The van der Waals surface area contributed by atoms with Crippen molar-refractivity contribution in [1.29, 1.82) is 0 Å². The lowest BCUT2D eigenvalue weighted by Crippen LogP contribution is -2.36. The summed E-state index contributed by atoms with van der Waals surface area (Å²) >= 11 is 0. The molecular weight excluding hydrogens is 396 g/mol. The van der Waals surface area contributed by atoms with E-state index < -0.39 is 10.0 Å². The van der Waals surface area contributed by atoms with Gasteiger partial charge in [-0.05, 0) is 55.0 Å². The van der Waals surface area contributed by atoms with E-state index in [-0.39, 0.29) is 12.0 Å². The van der Waals surface area contributed by atoms with Crippen LogP contribution >= 0.6 is 0 Å². The molecule has 0 saturated carbocycles. The van der Waals surface area contributed by atoms with Gasteiger partial charge < -0.3 is 10.1 Å². The lowest BCUT2D eigenvalue weighted by Gasteiger charge is -2.38. The molecular formula is C24H28N2O3S. The van der Waals surface area contributed by atoms with Crippen LogP contribution in [-0.2, 0) is 10.0 Å². The number of methoxy groups -OCH3 is 1. The van der Waals surface area contributed by atoms with Gasteiger partial charge in [-0.2, -0.15) is 4.31 Å². The minimum absolute atomic E-state index is 0.123. The van der Waals surface area contributed by atoms with Crippen molar-refractivity contribution in [3.63, 3.8) is 0 Å². The Kier molecular flexibility index (Phi) is 5.07. The quantitative estimate of drug-likeness (QED) is 0.723. The van der Waals surface area contributed by atoms with Crippen LogP contribution in [0.1, 0.15) is 48.8 Å². The number of para-hydroxylation sites is 1. The number of nitrogens with zero attached hydrogens (tertiary/aromatic N) is 1. The highest BCUT2D eigenvalue weighted by Crippen LogP contribution is 2.51. The van der Waals surface area contributed by atoms with Gasteiger partial charge in [0.25, 0.3) is 0 Å². The molecule has 158 valence electrons. The molecule has 1 fully saturated rings. The molecule has 3 unspecified atom stereocenters. The van der Waals surface area contributed by atoms with E-state index in [4.69, 9.17) is 4.74 Å². The van der Waals surface area contributed by atoms with Crippen LogP contribution in [0, 0.1) is 5.92 Å². The molecule has 30 heavy (non-hydrogen) atoms. The van der Waals surface area contributed by atoms with E-state index in [1.54, 1.807) is 17.5 Å². The SMILES string of the molecule is COc1ccccc1C1Nc2ccc(S(=O)(=O)N3CCCCC3)cc2C2C=CCC21. The zero-order valence-corrected chi connectivity index (χ0v) is 18.1. The van der Waals surface area contributed by atoms with Crippen molar-refractivity contribution in [2.24, 2.45) is 5.92 Å². The summed E-state index contributed by atoms with van der Waals surface area (Å²) in [6.07, 6.45) is 8.42. The first-order valence-corrected chi connectivity index (χ1v) is 12.2. The fourth-order valence-electron chi connectivity index (χ4n) is 5.22. The highest BCUT2D eigenvalue weighted by molar-refractivity contribution is 7.89. The molecule has 2 aromatic carbocycles. The van der Waals surface area contributed by atoms with Crippen molar-refractivity contribution in [2.75, 3.05) is 25.5 Å². The minimum atomic E-state index is -3.44. The van der Waals surface area contributed by atoms with Gasteiger partial charge in [-0.25, -0.2) is 8.42 Å². The number of nitrogens with one attached hydrogen (secondary N) is 1. The first-order valence-electron chi connectivity index (χ1n) is 10.8. The van der Waals surface area contributed by atoms with E-state index in [2.05, 4.69) is 23.5 Å². The molecule has 5 rings (SSSR count). The highest BCUT2D eigenvalue weighted by atomic mass is 32.2. The Labute approximate surface area is 178 Å². The first-order chi connectivity index (χ1) is 14.6. The second-order valence-corrected chi connectivity index (χ2v) is 10.4. The summed E-state index contributed by atoms with van der Waals surface area (Å²) in [5.74, 6) is 1.42. The third kappa shape index (κ3) is 3.22. The predicted molar refractivity (Wildman–Crippen MR) is 118 cm³/mol. The molecule has 1 aliphatic carbocycles. The molecule has 3 atom stereocenters. The zero-order chi connectivity index (χ0) is 20.7. The number of piperidine rings is 1. The van der Waals surface area contributed by atoms with Crippen LogP contribution in [0.25, 0.3) is 0 Å². The molecule has 2 heterocycles. The van der Waals surface area contributed by atoms with Gasteiger partial charge in [0.05, 0.1) is 18.0 Å². The predicted octanol–water partition coefficient (Wildman–Crippen LogP) is 4.70. The monoisotopic (exact) mass is 424 g/mol. The maximum atomic E-state index is 13.2. The van der Waals surface area contributed by atoms with Gasteiger partial charge in [0.1, 0.15) is 5.75 Å². The Bertz CT molecular complexity index is 1070. The summed E-state index contributed by atoms with van der Waals surface area (Å²) in [5.41, 5.74) is 3.24. The van der Waals surface area contributed by atoms with Crippen LogP contribution in [-0.4, -0.2) is 32.9 Å². The average Bonchev–Trinajstić information content (AvgIpc) is 3.29. The molecule has 2 aliphatic heterocycles. The Morgan fingerprint density at radius 1 is 1.03 bits per heavy atom. The molecule has 0 amide bonds. The van der Waals surface area contributed by atoms with Crippen molar-refractivity contribution in [3.05, 3.63) is 65.7 Å². The van der Waals surface area contributed by atoms with Crippen molar-refractivity contribution >= 4 is 15.7 Å². The normalized spacial score (nSPS) is 26.0.